The van der Waals surface area contributed by atoms with Crippen LogP contribution in [0.5, 0.6) is 17.2 Å². The van der Waals surface area contributed by atoms with E-state index < -0.39 is 89.2 Å². The lowest BCUT2D eigenvalue weighted by Gasteiger charge is -2.42. The molecule has 0 spiro atoms. The van der Waals surface area contributed by atoms with Gasteiger partial charge in [-0.3, -0.25) is 14.4 Å². The number of carbonyl (C=O) groups is 3. The molecule has 6 atom stereocenters. The summed E-state index contributed by atoms with van der Waals surface area (Å²) in [5.41, 5.74) is 2.67. The molecule has 0 saturated carbocycles. The van der Waals surface area contributed by atoms with E-state index in [1.54, 1.807) is 0 Å². The van der Waals surface area contributed by atoms with Crippen LogP contribution < -0.4 is 10.5 Å². The summed E-state index contributed by atoms with van der Waals surface area (Å²) < 4.78 is 16.9. The smallest absolute Gasteiger partial charge is 0.202 e. The number of phenols is 2. The van der Waals surface area contributed by atoms with Crippen LogP contribution in [0.15, 0.2) is 18.2 Å². The Balaban J connectivity index is 1.67. The van der Waals surface area contributed by atoms with Crippen LogP contribution in [-0.2, 0) is 20.7 Å². The van der Waals surface area contributed by atoms with Gasteiger partial charge in [0, 0.05) is 42.0 Å². The Morgan fingerprint density at radius 2 is 1.85 bits per heavy atom. The number of rotatable bonds is 5. The van der Waals surface area contributed by atoms with E-state index in [-0.39, 0.29) is 40.8 Å². The Morgan fingerprint density at radius 1 is 1.15 bits per heavy atom. The first kappa shape index (κ1) is 27.2. The third kappa shape index (κ3) is 4.11. The van der Waals surface area contributed by atoms with Crippen LogP contribution in [-0.4, -0.2) is 86.7 Å². The molecule has 2 aliphatic carbocycles. The number of fused-ring (bicyclic) bond motifs is 3. The maximum Gasteiger partial charge on any atom is 0.202 e. The van der Waals surface area contributed by atoms with Crippen molar-refractivity contribution in [3.8, 4) is 17.2 Å². The van der Waals surface area contributed by atoms with Crippen LogP contribution in [0.1, 0.15) is 68.8 Å². The highest BCUT2D eigenvalue weighted by atomic mass is 16.7. The number of aliphatic hydroxyl groups excluding tert-OH is 2. The van der Waals surface area contributed by atoms with Gasteiger partial charge in [0.25, 0.3) is 0 Å². The number of phenolic OH excluding ortho intramolecular Hbond substituents is 2. The van der Waals surface area contributed by atoms with Gasteiger partial charge in [0.1, 0.15) is 29.0 Å². The van der Waals surface area contributed by atoms with Crippen molar-refractivity contribution in [1.82, 2.24) is 0 Å². The SMILES string of the molecule is COc1cccc2c1C(=O)c1c(O)c3c(c(O)c1C2=O)C[C@@](O)(C(C)=O)CC3OC1C[C@@H](N)[C@@H](O)[C@H](CO)O1. The van der Waals surface area contributed by atoms with Gasteiger partial charge in [0.15, 0.2) is 17.9 Å². The number of aliphatic hydroxyl groups is 3. The third-order valence-electron chi connectivity index (χ3n) is 7.84. The first-order valence-electron chi connectivity index (χ1n) is 12.4. The van der Waals surface area contributed by atoms with Crippen LogP contribution in [0, 0.1) is 0 Å². The van der Waals surface area contributed by atoms with Gasteiger partial charge in [-0.15, -0.1) is 0 Å². The molecule has 1 saturated heterocycles. The highest BCUT2D eigenvalue weighted by Gasteiger charge is 2.49. The topological polar surface area (TPSA) is 206 Å². The van der Waals surface area contributed by atoms with E-state index in [1.165, 1.54) is 25.3 Å². The molecule has 208 valence electrons. The van der Waals surface area contributed by atoms with Crippen molar-refractivity contribution >= 4 is 17.3 Å². The first-order valence-corrected chi connectivity index (χ1v) is 12.4. The van der Waals surface area contributed by atoms with Gasteiger partial charge in [0.2, 0.25) is 5.78 Å². The van der Waals surface area contributed by atoms with Gasteiger partial charge in [-0.1, -0.05) is 12.1 Å². The Labute approximate surface area is 222 Å². The second kappa shape index (κ2) is 9.66. The lowest BCUT2D eigenvalue weighted by atomic mass is 9.72. The molecule has 1 fully saturated rings. The van der Waals surface area contributed by atoms with Gasteiger partial charge in [0.05, 0.1) is 42.6 Å². The molecule has 2 unspecified atom stereocenters. The first-order chi connectivity index (χ1) is 18.4. The molecule has 1 heterocycles. The molecule has 7 N–H and O–H groups in total. The van der Waals surface area contributed by atoms with Gasteiger partial charge in [-0.05, 0) is 13.0 Å². The molecule has 2 aromatic rings. The van der Waals surface area contributed by atoms with E-state index in [0.29, 0.717) is 0 Å². The van der Waals surface area contributed by atoms with Crippen LogP contribution in [0.25, 0.3) is 0 Å². The van der Waals surface area contributed by atoms with E-state index in [0.717, 1.165) is 6.92 Å². The summed E-state index contributed by atoms with van der Waals surface area (Å²) in [6.07, 6.45) is -5.60. The molecule has 3 aliphatic rings. The molecule has 2 aromatic carbocycles. The van der Waals surface area contributed by atoms with Gasteiger partial charge >= 0.3 is 0 Å². The van der Waals surface area contributed by atoms with E-state index in [9.17, 15) is 39.9 Å². The van der Waals surface area contributed by atoms with Gasteiger partial charge in [-0.2, -0.15) is 0 Å². The molecule has 12 nitrogen and oxygen atoms in total. The van der Waals surface area contributed by atoms with Crippen LogP contribution in [0.3, 0.4) is 0 Å². The molecule has 1 aliphatic heterocycles. The maximum absolute atomic E-state index is 13.6. The fraction of sp³-hybridized carbons (Fsp3) is 0.444. The number of ketones is 3. The zero-order valence-corrected chi connectivity index (χ0v) is 21.2. The Morgan fingerprint density at radius 3 is 2.49 bits per heavy atom. The van der Waals surface area contributed by atoms with E-state index in [4.69, 9.17) is 19.9 Å². The Bertz CT molecular complexity index is 1390. The molecular weight excluding hydrogens is 514 g/mol. The minimum Gasteiger partial charge on any atom is -0.507 e. The number of nitrogens with two attached hydrogens (primary N) is 1. The van der Waals surface area contributed by atoms with Crippen molar-refractivity contribution in [3.05, 3.63) is 51.6 Å². The fourth-order valence-corrected chi connectivity index (χ4v) is 5.69. The zero-order valence-electron chi connectivity index (χ0n) is 21.2. The molecule has 0 radical (unpaired) electrons. The molecule has 0 bridgehead atoms. The van der Waals surface area contributed by atoms with Crippen LogP contribution in [0.2, 0.25) is 0 Å². The van der Waals surface area contributed by atoms with Gasteiger partial charge < -0.3 is 45.5 Å². The van der Waals surface area contributed by atoms with Crippen LogP contribution in [0.4, 0.5) is 0 Å². The Kier molecular flexibility index (Phi) is 6.74. The molecule has 5 rings (SSSR count). The van der Waals surface area contributed by atoms with Crippen molar-refractivity contribution in [2.75, 3.05) is 13.7 Å². The van der Waals surface area contributed by atoms with E-state index >= 15 is 0 Å². The Hall–Kier alpha value is -3.39. The predicted molar refractivity (Wildman–Crippen MR) is 132 cm³/mol. The number of hydrogen-bond acceptors (Lipinski definition) is 12. The van der Waals surface area contributed by atoms with Crippen molar-refractivity contribution in [3.63, 3.8) is 0 Å². The summed E-state index contributed by atoms with van der Waals surface area (Å²) >= 11 is 0. The van der Waals surface area contributed by atoms with Gasteiger partial charge in [-0.25, -0.2) is 0 Å². The summed E-state index contributed by atoms with van der Waals surface area (Å²) in [6, 6.07) is 3.54. The van der Waals surface area contributed by atoms with E-state index in [2.05, 4.69) is 0 Å². The molecule has 39 heavy (non-hydrogen) atoms. The lowest BCUT2D eigenvalue weighted by Crippen LogP contribution is -2.54. The van der Waals surface area contributed by atoms with Crippen molar-refractivity contribution in [2.24, 2.45) is 5.73 Å². The molecule has 0 aromatic heterocycles. The molecular formula is C27H29NO11. The lowest BCUT2D eigenvalue weighted by molar-refractivity contribution is -0.256. The predicted octanol–water partition coefficient (Wildman–Crippen LogP) is 0.00130. The number of aromatic hydroxyl groups is 2. The summed E-state index contributed by atoms with van der Waals surface area (Å²) in [6.45, 7) is 0.588. The normalized spacial score (nSPS) is 29.8. The van der Waals surface area contributed by atoms with Crippen molar-refractivity contribution in [2.45, 2.75) is 62.4 Å². The standard InChI is InChI=1S/C27H29NO11/c1-10(30)27(36)7-12-19(15(8-27)38-17-6-13(28)24(33)16(9-29)39-17)26(35)21-20(23(12)32)22(31)11-4-3-5-14(37-2)18(11)25(21)34/h3-5,13,15-17,24,29,32-33,35-36H,6-9,28H2,1-2H3/t13-,15?,16+,17?,24-,27+/m1/s1. The third-order valence-corrected chi connectivity index (χ3v) is 7.84. The van der Waals surface area contributed by atoms with Crippen molar-refractivity contribution < 1.29 is 54.1 Å². The molecule has 0 amide bonds. The summed E-state index contributed by atoms with van der Waals surface area (Å²) in [5, 5.41) is 53.7. The number of benzene rings is 2. The number of hydrogen-bond donors (Lipinski definition) is 6. The van der Waals surface area contributed by atoms with Crippen molar-refractivity contribution in [1.29, 1.82) is 0 Å². The maximum atomic E-state index is 13.6. The minimum absolute atomic E-state index is 0.0369. The number of Topliss-reactive ketones (excluding diaryl/α,β-unsaturated/α-hetero) is 1. The summed E-state index contributed by atoms with van der Waals surface area (Å²) in [5.74, 6) is -3.38. The quantitative estimate of drug-likeness (QED) is 0.235. The summed E-state index contributed by atoms with van der Waals surface area (Å²) in [4.78, 5) is 39.6. The average Bonchev–Trinajstić information content (AvgIpc) is 2.90. The number of carbonyl (C=O) groups excluding carboxylic acids is 3. The highest BCUT2D eigenvalue weighted by Crippen LogP contribution is 2.52. The molecule has 12 heteroatoms. The second-order valence-corrected chi connectivity index (χ2v) is 10.2. The second-order valence-electron chi connectivity index (χ2n) is 10.2. The largest absolute Gasteiger partial charge is 0.507 e. The average molecular weight is 544 g/mol. The number of ether oxygens (including phenoxy) is 3. The number of methoxy groups -OCH3 is 1. The van der Waals surface area contributed by atoms with Crippen LogP contribution >= 0.6 is 0 Å². The summed E-state index contributed by atoms with van der Waals surface area (Å²) in [7, 11) is 1.32. The highest BCUT2D eigenvalue weighted by molar-refractivity contribution is 6.31. The van der Waals surface area contributed by atoms with E-state index in [1.807, 2.05) is 0 Å². The fourth-order valence-electron chi connectivity index (χ4n) is 5.69. The monoisotopic (exact) mass is 543 g/mol. The minimum atomic E-state index is -2.05. The zero-order chi connectivity index (χ0) is 28.4.